The predicted octanol–water partition coefficient (Wildman–Crippen LogP) is 3.99. The number of benzene rings is 1. The van der Waals surface area contributed by atoms with Gasteiger partial charge in [0.05, 0.1) is 24.0 Å². The molecule has 2 atom stereocenters. The van der Waals surface area contributed by atoms with Gasteiger partial charge >= 0.3 is 0 Å². The Labute approximate surface area is 237 Å². The molecule has 0 spiro atoms. The van der Waals surface area contributed by atoms with Crippen LogP contribution < -0.4 is 10.2 Å². The standard InChI is InChI=1S/C31H33N7O3/c1-36(18-20-6-3-2-4-7-20)28-16-26(34-30-23(17-33-38(28)30)31(40)35-25-9-10-27(25)39)24-19-37(21-11-14-41-15-12-21)29-22(24)8-5-13-32-29/h2-8,13,16-17,19,21,25,27,39H,9-12,14-15,18H2,1H3,(H,35,40)/t25?,27-/m1/s1. The van der Waals surface area contributed by atoms with E-state index >= 15 is 0 Å². The molecule has 1 unspecified atom stereocenters. The topological polar surface area (TPSA) is 110 Å². The Morgan fingerprint density at radius 2 is 1.93 bits per heavy atom. The molecule has 10 heteroatoms. The number of nitrogens with one attached hydrogen (secondary N) is 1. The van der Waals surface area contributed by atoms with E-state index in [9.17, 15) is 9.90 Å². The lowest BCUT2D eigenvalue weighted by Gasteiger charge is -2.32. The van der Waals surface area contributed by atoms with E-state index in [1.54, 1.807) is 10.7 Å². The van der Waals surface area contributed by atoms with Gasteiger partial charge in [0.15, 0.2) is 5.65 Å². The van der Waals surface area contributed by atoms with Gasteiger partial charge in [0, 0.05) is 62.3 Å². The molecule has 1 saturated heterocycles. The zero-order valence-electron chi connectivity index (χ0n) is 23.0. The van der Waals surface area contributed by atoms with Crippen LogP contribution in [0.5, 0.6) is 0 Å². The maximum atomic E-state index is 13.4. The lowest BCUT2D eigenvalue weighted by molar-refractivity contribution is 0.0448. The summed E-state index contributed by atoms with van der Waals surface area (Å²) in [5.41, 5.74) is 4.63. The summed E-state index contributed by atoms with van der Waals surface area (Å²) in [6, 6.07) is 16.4. The van der Waals surface area contributed by atoms with Crippen LogP contribution in [0.1, 0.15) is 47.6 Å². The molecule has 4 aromatic heterocycles. The Bertz CT molecular complexity index is 1710. The third kappa shape index (κ3) is 4.72. The first-order chi connectivity index (χ1) is 20.1. The average molecular weight is 552 g/mol. The maximum Gasteiger partial charge on any atom is 0.257 e. The van der Waals surface area contributed by atoms with Gasteiger partial charge in [0.2, 0.25) is 0 Å². The van der Waals surface area contributed by atoms with Gasteiger partial charge < -0.3 is 24.6 Å². The van der Waals surface area contributed by atoms with E-state index in [-0.39, 0.29) is 11.9 Å². The second-order valence-electron chi connectivity index (χ2n) is 11.0. The summed E-state index contributed by atoms with van der Waals surface area (Å²) in [6.07, 6.45) is 8.34. The molecule has 5 heterocycles. The molecular formula is C31H33N7O3. The third-order valence-electron chi connectivity index (χ3n) is 8.36. The van der Waals surface area contributed by atoms with E-state index in [1.807, 2.05) is 43.6 Å². The van der Waals surface area contributed by atoms with Crippen molar-refractivity contribution in [1.29, 1.82) is 0 Å². The van der Waals surface area contributed by atoms with Crippen molar-refractivity contribution in [2.45, 2.75) is 50.4 Å². The van der Waals surface area contributed by atoms with Gasteiger partial charge in [0.25, 0.3) is 5.91 Å². The Kier molecular flexibility index (Phi) is 6.64. The molecule has 0 bridgehead atoms. The molecule has 10 nitrogen and oxygen atoms in total. The highest BCUT2D eigenvalue weighted by Gasteiger charge is 2.31. The first-order valence-corrected chi connectivity index (χ1v) is 14.2. The van der Waals surface area contributed by atoms with Gasteiger partial charge in [0.1, 0.15) is 17.0 Å². The van der Waals surface area contributed by atoms with Crippen molar-refractivity contribution in [1.82, 2.24) is 29.5 Å². The van der Waals surface area contributed by atoms with Gasteiger partial charge in [-0.1, -0.05) is 30.3 Å². The van der Waals surface area contributed by atoms with Crippen LogP contribution in [-0.4, -0.2) is 67.6 Å². The molecule has 210 valence electrons. The summed E-state index contributed by atoms with van der Waals surface area (Å²) in [5.74, 6) is 0.531. The van der Waals surface area contributed by atoms with Crippen molar-refractivity contribution >= 4 is 28.4 Å². The third-order valence-corrected chi connectivity index (χ3v) is 8.36. The van der Waals surface area contributed by atoms with Crippen LogP contribution in [0.2, 0.25) is 0 Å². The summed E-state index contributed by atoms with van der Waals surface area (Å²) < 4.78 is 9.61. The van der Waals surface area contributed by atoms with Crippen LogP contribution in [0.15, 0.2) is 67.1 Å². The molecule has 2 fully saturated rings. The van der Waals surface area contributed by atoms with Crippen LogP contribution in [-0.2, 0) is 11.3 Å². The molecule has 41 heavy (non-hydrogen) atoms. The molecule has 1 aromatic carbocycles. The predicted molar refractivity (Wildman–Crippen MR) is 156 cm³/mol. The lowest BCUT2D eigenvalue weighted by atomic mass is 9.89. The fraction of sp³-hybridized carbons (Fsp3) is 0.355. The monoisotopic (exact) mass is 551 g/mol. The summed E-state index contributed by atoms with van der Waals surface area (Å²) in [5, 5.41) is 18.6. The number of nitrogens with zero attached hydrogens (tertiary/aromatic N) is 6. The van der Waals surface area contributed by atoms with Crippen LogP contribution in [0.4, 0.5) is 5.82 Å². The summed E-state index contributed by atoms with van der Waals surface area (Å²) in [6.45, 7) is 2.12. The number of amides is 1. The van der Waals surface area contributed by atoms with Crippen molar-refractivity contribution in [3.05, 3.63) is 78.2 Å². The number of carbonyl (C=O) groups excluding carboxylic acids is 1. The van der Waals surface area contributed by atoms with Gasteiger partial charge in [-0.2, -0.15) is 9.61 Å². The fourth-order valence-electron chi connectivity index (χ4n) is 5.88. The van der Waals surface area contributed by atoms with Crippen molar-refractivity contribution in [3.8, 4) is 11.3 Å². The number of carbonyl (C=O) groups is 1. The van der Waals surface area contributed by atoms with E-state index in [0.717, 1.165) is 66.1 Å². The van der Waals surface area contributed by atoms with E-state index in [0.29, 0.717) is 30.2 Å². The highest BCUT2D eigenvalue weighted by Crippen LogP contribution is 2.35. The van der Waals surface area contributed by atoms with Crippen LogP contribution in [0, 0.1) is 0 Å². The molecule has 7 rings (SSSR count). The number of aromatic nitrogens is 5. The minimum absolute atomic E-state index is 0.246. The fourth-order valence-corrected chi connectivity index (χ4v) is 5.88. The first kappa shape index (κ1) is 25.7. The number of anilines is 1. The smallest absolute Gasteiger partial charge is 0.257 e. The molecule has 1 amide bonds. The van der Waals surface area contributed by atoms with Crippen molar-refractivity contribution in [3.63, 3.8) is 0 Å². The number of rotatable bonds is 7. The molecule has 5 aromatic rings. The number of ether oxygens (including phenoxy) is 1. The maximum absolute atomic E-state index is 13.4. The molecular weight excluding hydrogens is 518 g/mol. The number of pyridine rings is 1. The minimum Gasteiger partial charge on any atom is -0.391 e. The van der Waals surface area contributed by atoms with Crippen molar-refractivity contribution in [2.75, 3.05) is 25.2 Å². The van der Waals surface area contributed by atoms with E-state index < -0.39 is 6.10 Å². The Hall–Kier alpha value is -4.28. The zero-order valence-corrected chi connectivity index (χ0v) is 23.0. The van der Waals surface area contributed by atoms with Gasteiger partial charge in [-0.05, 0) is 43.4 Å². The Morgan fingerprint density at radius 3 is 2.68 bits per heavy atom. The lowest BCUT2D eigenvalue weighted by Crippen LogP contribution is -2.50. The van der Waals surface area contributed by atoms with Crippen molar-refractivity contribution in [2.24, 2.45) is 0 Å². The zero-order chi connectivity index (χ0) is 27.9. The molecule has 1 aliphatic heterocycles. The van der Waals surface area contributed by atoms with Crippen LogP contribution in [0.25, 0.3) is 27.9 Å². The Morgan fingerprint density at radius 1 is 1.10 bits per heavy atom. The van der Waals surface area contributed by atoms with E-state index in [4.69, 9.17) is 14.7 Å². The summed E-state index contributed by atoms with van der Waals surface area (Å²) in [7, 11) is 2.02. The van der Waals surface area contributed by atoms with E-state index in [1.165, 1.54) is 0 Å². The Balaban J connectivity index is 1.36. The molecule has 1 aliphatic carbocycles. The quantitative estimate of drug-likeness (QED) is 0.315. The first-order valence-electron chi connectivity index (χ1n) is 14.2. The molecule has 1 saturated carbocycles. The second-order valence-corrected chi connectivity index (χ2v) is 11.0. The van der Waals surface area contributed by atoms with Crippen LogP contribution in [0.3, 0.4) is 0 Å². The SMILES string of the molecule is CN(Cc1ccccc1)c1cc(-c2cn(C3CCOCC3)c3ncccc23)nc2c(C(=O)NC3CC[C@H]3O)cnn12. The average Bonchev–Trinajstić information content (AvgIpc) is 3.62. The van der Waals surface area contributed by atoms with Gasteiger partial charge in [-0.3, -0.25) is 4.79 Å². The minimum atomic E-state index is -0.513. The van der Waals surface area contributed by atoms with Gasteiger partial charge in [-0.15, -0.1) is 0 Å². The highest BCUT2D eigenvalue weighted by molar-refractivity contribution is 6.01. The summed E-state index contributed by atoms with van der Waals surface area (Å²) in [4.78, 5) is 25.3. The number of aliphatic hydroxyl groups is 1. The number of hydrogen-bond donors (Lipinski definition) is 2. The molecule has 2 N–H and O–H groups in total. The normalized spacial score (nSPS) is 19.4. The largest absolute Gasteiger partial charge is 0.391 e. The number of fused-ring (bicyclic) bond motifs is 2. The van der Waals surface area contributed by atoms with Crippen molar-refractivity contribution < 1.29 is 14.6 Å². The van der Waals surface area contributed by atoms with Gasteiger partial charge in [-0.25, -0.2) is 9.97 Å². The van der Waals surface area contributed by atoms with Crippen LogP contribution >= 0.6 is 0 Å². The number of aliphatic hydroxyl groups excluding tert-OH is 1. The molecule has 0 radical (unpaired) electrons. The van der Waals surface area contributed by atoms with E-state index in [2.05, 4.69) is 44.3 Å². The summed E-state index contributed by atoms with van der Waals surface area (Å²) >= 11 is 0. The number of hydrogen-bond acceptors (Lipinski definition) is 7. The second kappa shape index (κ2) is 10.6. The highest BCUT2D eigenvalue weighted by atomic mass is 16.5. The molecule has 2 aliphatic rings.